The summed E-state index contributed by atoms with van der Waals surface area (Å²) in [5.41, 5.74) is 6.42. The number of nitrogens with two attached hydrogens (primary N) is 1. The van der Waals surface area contributed by atoms with Gasteiger partial charge in [0.1, 0.15) is 0 Å². The van der Waals surface area contributed by atoms with E-state index in [0.717, 1.165) is 19.4 Å². The highest BCUT2D eigenvalue weighted by Crippen LogP contribution is 2.25. The molecule has 0 saturated carbocycles. The lowest BCUT2D eigenvalue weighted by Crippen LogP contribution is -2.40. The molecule has 2 heterocycles. The predicted octanol–water partition coefficient (Wildman–Crippen LogP) is 1.37. The molecule has 104 valence electrons. The molecule has 1 atom stereocenters. The van der Waals surface area contributed by atoms with Crippen LogP contribution in [0, 0.1) is 0 Å². The van der Waals surface area contributed by atoms with Crippen molar-refractivity contribution in [2.24, 2.45) is 0 Å². The summed E-state index contributed by atoms with van der Waals surface area (Å²) in [4.78, 5) is 17.1. The van der Waals surface area contributed by atoms with Gasteiger partial charge in [-0.25, -0.2) is 9.78 Å². The highest BCUT2D eigenvalue weighted by atomic mass is 16.5. The average Bonchev–Trinajstić information content (AvgIpc) is 2.39. The monoisotopic (exact) mass is 265 g/mol. The molecule has 0 radical (unpaired) electrons. The summed E-state index contributed by atoms with van der Waals surface area (Å²) < 4.78 is 5.63. The van der Waals surface area contributed by atoms with Crippen molar-refractivity contribution in [3.63, 3.8) is 0 Å². The maximum absolute atomic E-state index is 11.0. The highest BCUT2D eigenvalue weighted by Gasteiger charge is 2.23. The fourth-order valence-corrected chi connectivity index (χ4v) is 2.33. The van der Waals surface area contributed by atoms with Crippen molar-refractivity contribution in [2.75, 3.05) is 30.3 Å². The van der Waals surface area contributed by atoms with Gasteiger partial charge in [-0.15, -0.1) is 0 Å². The van der Waals surface area contributed by atoms with Gasteiger partial charge in [-0.05, 0) is 31.9 Å². The topological polar surface area (TPSA) is 88.7 Å². The number of nitrogen functional groups attached to an aromatic ring is 1. The lowest BCUT2D eigenvalue weighted by atomic mass is 10.1. The van der Waals surface area contributed by atoms with Crippen molar-refractivity contribution in [3.05, 3.63) is 17.8 Å². The molecule has 0 aliphatic carbocycles. The molecule has 6 heteroatoms. The Morgan fingerprint density at radius 3 is 3.11 bits per heavy atom. The maximum Gasteiger partial charge on any atom is 0.354 e. The van der Waals surface area contributed by atoms with Gasteiger partial charge in [0.15, 0.2) is 11.5 Å². The van der Waals surface area contributed by atoms with Crippen molar-refractivity contribution < 1.29 is 14.6 Å². The number of nitrogens with zero attached hydrogens (tertiary/aromatic N) is 2. The molecule has 1 unspecified atom stereocenters. The van der Waals surface area contributed by atoms with Gasteiger partial charge in [0.2, 0.25) is 0 Å². The summed E-state index contributed by atoms with van der Waals surface area (Å²) in [6, 6.07) is 3.02. The molecule has 1 aliphatic rings. The predicted molar refractivity (Wildman–Crippen MR) is 72.5 cm³/mol. The van der Waals surface area contributed by atoms with Crippen LogP contribution in [0.3, 0.4) is 0 Å². The molecule has 1 saturated heterocycles. The van der Waals surface area contributed by atoms with Crippen molar-refractivity contribution in [3.8, 4) is 0 Å². The van der Waals surface area contributed by atoms with Crippen molar-refractivity contribution in [2.45, 2.75) is 25.9 Å². The summed E-state index contributed by atoms with van der Waals surface area (Å²) in [5.74, 6) is -0.496. The van der Waals surface area contributed by atoms with E-state index in [1.54, 1.807) is 6.07 Å². The maximum atomic E-state index is 11.0. The van der Waals surface area contributed by atoms with Gasteiger partial charge in [-0.1, -0.05) is 0 Å². The second-order valence-corrected chi connectivity index (χ2v) is 4.58. The van der Waals surface area contributed by atoms with Crippen molar-refractivity contribution in [1.82, 2.24) is 4.98 Å². The van der Waals surface area contributed by atoms with Gasteiger partial charge in [0.25, 0.3) is 0 Å². The second kappa shape index (κ2) is 5.88. The quantitative estimate of drug-likeness (QED) is 0.854. The molecule has 0 bridgehead atoms. The number of carboxylic acids is 1. The molecule has 6 nitrogen and oxygen atoms in total. The van der Waals surface area contributed by atoms with E-state index in [2.05, 4.69) is 4.98 Å². The van der Waals surface area contributed by atoms with Crippen molar-refractivity contribution in [1.29, 1.82) is 0 Å². The Hall–Kier alpha value is -1.82. The third kappa shape index (κ3) is 3.14. The average molecular weight is 265 g/mol. The molecule has 0 amide bonds. The molecule has 2 rings (SSSR count). The summed E-state index contributed by atoms with van der Waals surface area (Å²) in [6.45, 7) is 4.17. The number of ether oxygens (including phenoxy) is 1. The molecule has 19 heavy (non-hydrogen) atoms. The van der Waals surface area contributed by atoms with Crippen LogP contribution in [0.2, 0.25) is 0 Å². The minimum Gasteiger partial charge on any atom is -0.477 e. The van der Waals surface area contributed by atoms with E-state index in [9.17, 15) is 4.79 Å². The lowest BCUT2D eigenvalue weighted by Gasteiger charge is -2.33. The first kappa shape index (κ1) is 13.6. The normalized spacial score (nSPS) is 19.4. The van der Waals surface area contributed by atoms with Crippen LogP contribution in [-0.4, -0.2) is 41.9 Å². The van der Waals surface area contributed by atoms with E-state index in [0.29, 0.717) is 24.7 Å². The molecule has 1 aromatic heterocycles. The number of carbonyl (C=O) groups is 1. The summed E-state index contributed by atoms with van der Waals surface area (Å²) in [6.07, 6.45) is 2.17. The molecule has 0 aromatic carbocycles. The van der Waals surface area contributed by atoms with Gasteiger partial charge < -0.3 is 20.5 Å². The van der Waals surface area contributed by atoms with Crippen LogP contribution in [0.1, 0.15) is 30.3 Å². The van der Waals surface area contributed by atoms with Crippen LogP contribution in [0.15, 0.2) is 12.1 Å². The number of aromatic nitrogens is 1. The number of aromatic carboxylic acids is 1. The fourth-order valence-electron chi connectivity index (χ4n) is 2.33. The largest absolute Gasteiger partial charge is 0.477 e. The Balaban J connectivity index is 2.20. The first-order chi connectivity index (χ1) is 9.11. The Bertz CT molecular complexity index is 462. The van der Waals surface area contributed by atoms with Crippen LogP contribution < -0.4 is 10.6 Å². The van der Waals surface area contributed by atoms with E-state index in [1.807, 2.05) is 11.8 Å². The van der Waals surface area contributed by atoms with E-state index in [1.165, 1.54) is 6.07 Å². The van der Waals surface area contributed by atoms with Gasteiger partial charge in [0.05, 0.1) is 11.8 Å². The van der Waals surface area contributed by atoms with Crippen LogP contribution in [0.25, 0.3) is 0 Å². The number of carboxylic acid groups (broad SMARTS) is 1. The minimum absolute atomic E-state index is 0.0164. The van der Waals surface area contributed by atoms with E-state index in [-0.39, 0.29) is 11.8 Å². The molecule has 0 spiro atoms. The molecular formula is C13H19N3O3. The Morgan fingerprint density at radius 2 is 2.42 bits per heavy atom. The molecule has 1 aliphatic heterocycles. The zero-order valence-corrected chi connectivity index (χ0v) is 11.0. The Labute approximate surface area is 112 Å². The van der Waals surface area contributed by atoms with Crippen LogP contribution in [-0.2, 0) is 4.74 Å². The minimum atomic E-state index is -1.04. The van der Waals surface area contributed by atoms with Crippen LogP contribution >= 0.6 is 0 Å². The third-order valence-electron chi connectivity index (χ3n) is 3.20. The smallest absolute Gasteiger partial charge is 0.354 e. The first-order valence-corrected chi connectivity index (χ1v) is 6.48. The number of anilines is 2. The van der Waals surface area contributed by atoms with E-state index >= 15 is 0 Å². The van der Waals surface area contributed by atoms with Gasteiger partial charge in [-0.2, -0.15) is 0 Å². The number of hydrogen-bond acceptors (Lipinski definition) is 5. The highest BCUT2D eigenvalue weighted by molar-refractivity contribution is 5.87. The van der Waals surface area contributed by atoms with Gasteiger partial charge in [-0.3, -0.25) is 0 Å². The number of pyridine rings is 1. The van der Waals surface area contributed by atoms with Crippen LogP contribution in [0.4, 0.5) is 11.5 Å². The zero-order chi connectivity index (χ0) is 13.8. The standard InChI is InChI=1S/C13H19N3O3/c1-2-19-9-4-3-7-16(8-9)12-10(14)5-6-11(15-12)13(17)18/h5-6,9H,2-4,7-8,14H2,1H3,(H,17,18). The number of rotatable bonds is 4. The Morgan fingerprint density at radius 1 is 1.63 bits per heavy atom. The first-order valence-electron chi connectivity index (χ1n) is 6.48. The summed E-state index contributed by atoms with van der Waals surface area (Å²) >= 11 is 0. The molecule has 1 fully saturated rings. The molecular weight excluding hydrogens is 246 g/mol. The fraction of sp³-hybridized carbons (Fsp3) is 0.538. The van der Waals surface area contributed by atoms with E-state index < -0.39 is 5.97 Å². The zero-order valence-electron chi connectivity index (χ0n) is 11.0. The lowest BCUT2D eigenvalue weighted by molar-refractivity contribution is 0.0525. The SMILES string of the molecule is CCOC1CCCN(c2nc(C(=O)O)ccc2N)C1. The third-order valence-corrected chi connectivity index (χ3v) is 3.20. The van der Waals surface area contributed by atoms with Gasteiger partial charge in [0, 0.05) is 19.7 Å². The second-order valence-electron chi connectivity index (χ2n) is 4.58. The molecule has 1 aromatic rings. The number of piperidine rings is 1. The van der Waals surface area contributed by atoms with Crippen LogP contribution in [0.5, 0.6) is 0 Å². The van der Waals surface area contributed by atoms with Crippen molar-refractivity contribution >= 4 is 17.5 Å². The Kier molecular flexibility index (Phi) is 4.21. The summed E-state index contributed by atoms with van der Waals surface area (Å²) in [7, 11) is 0. The molecule has 3 N–H and O–H groups in total. The van der Waals surface area contributed by atoms with Gasteiger partial charge >= 0.3 is 5.97 Å². The summed E-state index contributed by atoms with van der Waals surface area (Å²) in [5, 5.41) is 8.99. The van der Waals surface area contributed by atoms with E-state index in [4.69, 9.17) is 15.6 Å². The number of hydrogen-bond donors (Lipinski definition) is 2.